The van der Waals surface area contributed by atoms with E-state index in [2.05, 4.69) is 32.9 Å². The Balaban J connectivity index is 4.11. The second kappa shape index (κ2) is 58.0. The quantitative estimate of drug-likeness (QED) is 0.0345. The monoisotopic (exact) mass is 931 g/mol. The molecule has 0 radical (unpaired) electrons. The third-order valence-electron chi connectivity index (χ3n) is 13.8. The number of hydrogen-bond donors (Lipinski definition) is 0. The van der Waals surface area contributed by atoms with Crippen LogP contribution in [0.25, 0.3) is 0 Å². The standard InChI is InChI=1S/C61H118O5/c1-4-7-10-13-16-19-22-24-26-28-30-32-34-36-38-41-44-47-50-53-56-64-57-59(66-61(63)55-52-49-46-43-39-21-18-15-12-9-6-3)58-65-60(62)54-51-48-45-42-40-37-35-33-31-29-27-25-23-20-17-14-11-8-5-2/h15,18,59H,4-14,16-17,19-58H2,1-3H3/b18-15-. The van der Waals surface area contributed by atoms with Crippen molar-refractivity contribution in [1.82, 2.24) is 0 Å². The maximum atomic E-state index is 12.8. The number of rotatable bonds is 57. The highest BCUT2D eigenvalue weighted by molar-refractivity contribution is 5.70. The van der Waals surface area contributed by atoms with Crippen molar-refractivity contribution in [2.75, 3.05) is 19.8 Å². The molecule has 0 amide bonds. The van der Waals surface area contributed by atoms with Crippen molar-refractivity contribution in [3.05, 3.63) is 12.2 Å². The van der Waals surface area contributed by atoms with E-state index in [1.165, 1.54) is 263 Å². The Morgan fingerprint density at radius 3 is 0.970 bits per heavy atom. The summed E-state index contributed by atoms with van der Waals surface area (Å²) in [7, 11) is 0. The Labute approximate surface area is 414 Å². The second-order valence-electron chi connectivity index (χ2n) is 20.6. The lowest BCUT2D eigenvalue weighted by Crippen LogP contribution is -2.30. The molecule has 0 heterocycles. The molecule has 0 saturated heterocycles. The van der Waals surface area contributed by atoms with Crippen molar-refractivity contribution in [2.45, 2.75) is 348 Å². The minimum Gasteiger partial charge on any atom is -0.462 e. The van der Waals surface area contributed by atoms with Gasteiger partial charge in [-0.05, 0) is 38.5 Å². The van der Waals surface area contributed by atoms with Crippen LogP contribution in [0.5, 0.6) is 0 Å². The molecule has 66 heavy (non-hydrogen) atoms. The molecule has 0 aliphatic rings. The van der Waals surface area contributed by atoms with Gasteiger partial charge in [-0.1, -0.05) is 303 Å². The zero-order valence-electron chi connectivity index (χ0n) is 45.2. The molecule has 0 spiro atoms. The van der Waals surface area contributed by atoms with Gasteiger partial charge in [-0.2, -0.15) is 0 Å². The Kier molecular flexibility index (Phi) is 56.8. The third kappa shape index (κ3) is 55.2. The molecular formula is C61H118O5. The summed E-state index contributed by atoms with van der Waals surface area (Å²) in [4.78, 5) is 25.5. The first kappa shape index (κ1) is 64.6. The van der Waals surface area contributed by atoms with E-state index in [4.69, 9.17) is 14.2 Å². The molecule has 5 heteroatoms. The first-order valence-corrected chi connectivity index (χ1v) is 30.2. The van der Waals surface area contributed by atoms with E-state index < -0.39 is 6.10 Å². The molecule has 0 aromatic rings. The van der Waals surface area contributed by atoms with Crippen molar-refractivity contribution in [1.29, 1.82) is 0 Å². The van der Waals surface area contributed by atoms with Gasteiger partial charge >= 0.3 is 11.9 Å². The van der Waals surface area contributed by atoms with E-state index in [1.54, 1.807) is 0 Å². The van der Waals surface area contributed by atoms with Gasteiger partial charge in [0.15, 0.2) is 6.10 Å². The van der Waals surface area contributed by atoms with Gasteiger partial charge in [-0.25, -0.2) is 0 Å². The van der Waals surface area contributed by atoms with Crippen LogP contribution in [0.3, 0.4) is 0 Å². The zero-order chi connectivity index (χ0) is 47.7. The number of carbonyl (C=O) groups is 2. The van der Waals surface area contributed by atoms with E-state index in [0.29, 0.717) is 26.1 Å². The molecule has 0 fully saturated rings. The van der Waals surface area contributed by atoms with Crippen LogP contribution in [0.2, 0.25) is 0 Å². The predicted octanol–water partition coefficient (Wildman–Crippen LogP) is 20.6. The summed E-state index contributed by atoms with van der Waals surface area (Å²) >= 11 is 0. The van der Waals surface area contributed by atoms with Crippen LogP contribution in [0.1, 0.15) is 342 Å². The van der Waals surface area contributed by atoms with Crippen molar-refractivity contribution < 1.29 is 23.8 Å². The summed E-state index contributed by atoms with van der Waals surface area (Å²) < 4.78 is 17.5. The third-order valence-corrected chi connectivity index (χ3v) is 13.8. The Bertz CT molecular complexity index is 963. The highest BCUT2D eigenvalue weighted by atomic mass is 16.6. The molecule has 392 valence electrons. The molecule has 0 N–H and O–H groups in total. The summed E-state index contributed by atoms with van der Waals surface area (Å²) in [6.45, 7) is 7.87. The van der Waals surface area contributed by atoms with Crippen LogP contribution >= 0.6 is 0 Å². The fourth-order valence-corrected chi connectivity index (χ4v) is 9.26. The van der Waals surface area contributed by atoms with E-state index in [-0.39, 0.29) is 18.5 Å². The molecule has 1 unspecified atom stereocenters. The van der Waals surface area contributed by atoms with Crippen LogP contribution in [-0.4, -0.2) is 37.9 Å². The van der Waals surface area contributed by atoms with Gasteiger partial charge in [0.05, 0.1) is 6.61 Å². The molecule has 0 bridgehead atoms. The molecule has 5 nitrogen and oxygen atoms in total. The van der Waals surface area contributed by atoms with E-state index >= 15 is 0 Å². The number of hydrogen-bond acceptors (Lipinski definition) is 5. The highest BCUT2D eigenvalue weighted by Crippen LogP contribution is 2.18. The number of unbranched alkanes of at least 4 members (excludes halogenated alkanes) is 44. The normalized spacial score (nSPS) is 12.1. The largest absolute Gasteiger partial charge is 0.462 e. The smallest absolute Gasteiger partial charge is 0.306 e. The van der Waals surface area contributed by atoms with Gasteiger partial charge in [0, 0.05) is 19.4 Å². The zero-order valence-corrected chi connectivity index (χ0v) is 45.2. The van der Waals surface area contributed by atoms with Gasteiger partial charge < -0.3 is 14.2 Å². The van der Waals surface area contributed by atoms with Gasteiger partial charge in [-0.3, -0.25) is 9.59 Å². The Hall–Kier alpha value is -1.36. The molecule has 0 saturated carbocycles. The molecule has 0 rings (SSSR count). The fourth-order valence-electron chi connectivity index (χ4n) is 9.26. The van der Waals surface area contributed by atoms with Crippen LogP contribution in [-0.2, 0) is 23.8 Å². The van der Waals surface area contributed by atoms with Crippen LogP contribution in [0.15, 0.2) is 12.2 Å². The van der Waals surface area contributed by atoms with E-state index in [0.717, 1.165) is 44.9 Å². The average Bonchev–Trinajstić information content (AvgIpc) is 3.32. The fraction of sp³-hybridized carbons (Fsp3) is 0.934. The molecule has 0 aromatic heterocycles. The van der Waals surface area contributed by atoms with E-state index in [9.17, 15) is 9.59 Å². The number of ether oxygens (including phenoxy) is 3. The van der Waals surface area contributed by atoms with E-state index in [1.807, 2.05) is 0 Å². The highest BCUT2D eigenvalue weighted by Gasteiger charge is 2.17. The Morgan fingerprint density at radius 1 is 0.318 bits per heavy atom. The van der Waals surface area contributed by atoms with Crippen molar-refractivity contribution in [2.24, 2.45) is 0 Å². The maximum Gasteiger partial charge on any atom is 0.306 e. The first-order chi connectivity index (χ1) is 32.6. The SMILES string of the molecule is CCCC/C=C\CCCCCCCC(=O)OC(COCCCCCCCCCCCCCCCCCCCCCC)COC(=O)CCCCCCCCCCCCCCCCCCCCC. The van der Waals surface area contributed by atoms with Gasteiger partial charge in [0.2, 0.25) is 0 Å². The summed E-state index contributed by atoms with van der Waals surface area (Å²) in [6, 6.07) is 0. The number of esters is 2. The van der Waals surface area contributed by atoms with Gasteiger partial charge in [0.1, 0.15) is 6.61 Å². The minimum atomic E-state index is -0.531. The first-order valence-electron chi connectivity index (χ1n) is 30.2. The topological polar surface area (TPSA) is 61.8 Å². The second-order valence-corrected chi connectivity index (χ2v) is 20.6. The molecular weight excluding hydrogens is 813 g/mol. The molecule has 0 aromatic carbocycles. The van der Waals surface area contributed by atoms with Crippen LogP contribution in [0.4, 0.5) is 0 Å². The lowest BCUT2D eigenvalue weighted by molar-refractivity contribution is -0.163. The molecule has 1 atom stereocenters. The number of allylic oxidation sites excluding steroid dienone is 2. The molecule has 0 aliphatic heterocycles. The number of carbonyl (C=O) groups excluding carboxylic acids is 2. The average molecular weight is 932 g/mol. The van der Waals surface area contributed by atoms with Gasteiger partial charge in [-0.15, -0.1) is 0 Å². The summed E-state index contributed by atoms with van der Waals surface area (Å²) in [5.41, 5.74) is 0. The predicted molar refractivity (Wildman–Crippen MR) is 289 cm³/mol. The maximum absolute atomic E-state index is 12.8. The molecule has 0 aliphatic carbocycles. The Morgan fingerprint density at radius 2 is 0.606 bits per heavy atom. The van der Waals surface area contributed by atoms with Crippen molar-refractivity contribution >= 4 is 11.9 Å². The minimum absolute atomic E-state index is 0.0920. The summed E-state index contributed by atoms with van der Waals surface area (Å²) in [5.74, 6) is -0.381. The lowest BCUT2D eigenvalue weighted by atomic mass is 10.0. The van der Waals surface area contributed by atoms with Crippen molar-refractivity contribution in [3.8, 4) is 0 Å². The van der Waals surface area contributed by atoms with Crippen LogP contribution in [0, 0.1) is 0 Å². The van der Waals surface area contributed by atoms with Crippen molar-refractivity contribution in [3.63, 3.8) is 0 Å². The van der Waals surface area contributed by atoms with Crippen LogP contribution < -0.4 is 0 Å². The van der Waals surface area contributed by atoms with Gasteiger partial charge in [0.25, 0.3) is 0 Å². The lowest BCUT2D eigenvalue weighted by Gasteiger charge is -2.18. The summed E-state index contributed by atoms with van der Waals surface area (Å²) in [5, 5.41) is 0. The summed E-state index contributed by atoms with van der Waals surface area (Å²) in [6.07, 6.45) is 68.2.